The summed E-state index contributed by atoms with van der Waals surface area (Å²) in [6.45, 7) is 3.06. The van der Waals surface area contributed by atoms with Crippen LogP contribution in [-0.4, -0.2) is 31.7 Å². The Hall–Kier alpha value is -1.82. The number of nitrogens with one attached hydrogen (secondary N) is 1. The Morgan fingerprint density at radius 1 is 1.29 bits per heavy atom. The summed E-state index contributed by atoms with van der Waals surface area (Å²) in [5.74, 6) is 0. The van der Waals surface area contributed by atoms with Crippen LogP contribution in [0, 0.1) is 0 Å². The van der Waals surface area contributed by atoms with Crippen LogP contribution < -0.4 is 5.32 Å². The molecule has 0 spiro atoms. The molecule has 0 fully saturated rings. The van der Waals surface area contributed by atoms with Crippen LogP contribution in [0.1, 0.15) is 30.6 Å². The van der Waals surface area contributed by atoms with E-state index in [0.29, 0.717) is 0 Å². The Labute approximate surface area is 100 Å². The van der Waals surface area contributed by atoms with Crippen molar-refractivity contribution in [1.82, 2.24) is 30.5 Å². The van der Waals surface area contributed by atoms with Crippen LogP contribution in [0.4, 0.5) is 0 Å². The lowest BCUT2D eigenvalue weighted by atomic mass is 10.1. The first kappa shape index (κ1) is 11.7. The summed E-state index contributed by atoms with van der Waals surface area (Å²) in [5.41, 5.74) is 2.09. The van der Waals surface area contributed by atoms with E-state index in [1.807, 2.05) is 13.1 Å². The van der Waals surface area contributed by atoms with E-state index in [1.165, 1.54) is 0 Å². The Balaban J connectivity index is 2.29. The van der Waals surface area contributed by atoms with E-state index in [-0.39, 0.29) is 6.04 Å². The van der Waals surface area contributed by atoms with Crippen LogP contribution in [0.25, 0.3) is 0 Å². The molecule has 0 amide bonds. The molecule has 2 rings (SSSR count). The van der Waals surface area contributed by atoms with Crippen molar-refractivity contribution in [2.45, 2.75) is 19.4 Å². The third-order valence-corrected chi connectivity index (χ3v) is 2.58. The number of hydrogen-bond acceptors (Lipinski definition) is 5. The summed E-state index contributed by atoms with van der Waals surface area (Å²) in [5, 5.41) is 19.0. The van der Waals surface area contributed by atoms with Gasteiger partial charge in [0, 0.05) is 13.2 Å². The molecule has 0 radical (unpaired) electrons. The maximum Gasteiger partial charge on any atom is 0.0799 e. The third kappa shape index (κ3) is 2.65. The Morgan fingerprint density at radius 3 is 2.76 bits per heavy atom. The molecule has 90 valence electrons. The first-order chi connectivity index (χ1) is 8.33. The van der Waals surface area contributed by atoms with E-state index >= 15 is 0 Å². The van der Waals surface area contributed by atoms with Gasteiger partial charge in [-0.1, -0.05) is 12.1 Å². The van der Waals surface area contributed by atoms with Gasteiger partial charge in [0.15, 0.2) is 0 Å². The molecule has 2 heterocycles. The van der Waals surface area contributed by atoms with Crippen molar-refractivity contribution in [2.24, 2.45) is 7.05 Å². The molecule has 0 bridgehead atoms. The van der Waals surface area contributed by atoms with Crippen LogP contribution >= 0.6 is 0 Å². The van der Waals surface area contributed by atoms with Crippen LogP contribution in [0.3, 0.4) is 0 Å². The third-order valence-electron chi connectivity index (χ3n) is 2.58. The lowest BCUT2D eigenvalue weighted by molar-refractivity contribution is 0.548. The minimum atomic E-state index is 0.0606. The van der Waals surface area contributed by atoms with Crippen LogP contribution in [0.15, 0.2) is 24.7 Å². The molecule has 2 aromatic heterocycles. The monoisotopic (exact) mass is 232 g/mol. The molecule has 6 heteroatoms. The van der Waals surface area contributed by atoms with Crippen molar-refractivity contribution in [3.63, 3.8) is 0 Å². The van der Waals surface area contributed by atoms with E-state index in [9.17, 15) is 0 Å². The molecule has 0 aliphatic carbocycles. The summed E-state index contributed by atoms with van der Waals surface area (Å²) in [7, 11) is 1.89. The van der Waals surface area contributed by atoms with E-state index in [0.717, 1.165) is 24.2 Å². The molecule has 0 saturated carbocycles. The van der Waals surface area contributed by atoms with Gasteiger partial charge in [0.05, 0.1) is 24.1 Å². The van der Waals surface area contributed by atoms with Crippen molar-refractivity contribution in [3.8, 4) is 0 Å². The fourth-order valence-corrected chi connectivity index (χ4v) is 1.71. The number of aromatic nitrogens is 5. The highest BCUT2D eigenvalue weighted by molar-refractivity contribution is 5.22. The number of hydrogen-bond donors (Lipinski definition) is 1. The Kier molecular flexibility index (Phi) is 3.77. The maximum atomic E-state index is 3.96. The second kappa shape index (κ2) is 5.49. The smallest absolute Gasteiger partial charge is 0.0799 e. The van der Waals surface area contributed by atoms with Gasteiger partial charge in [-0.05, 0) is 24.6 Å². The van der Waals surface area contributed by atoms with Crippen LogP contribution in [0.5, 0.6) is 0 Å². The van der Waals surface area contributed by atoms with Crippen LogP contribution in [-0.2, 0) is 7.05 Å². The molecule has 0 saturated heterocycles. The van der Waals surface area contributed by atoms with Gasteiger partial charge in [-0.25, -0.2) is 0 Å². The molecule has 0 aliphatic rings. The second-order valence-electron chi connectivity index (χ2n) is 3.85. The van der Waals surface area contributed by atoms with Gasteiger partial charge < -0.3 is 5.32 Å². The van der Waals surface area contributed by atoms with Crippen molar-refractivity contribution >= 4 is 0 Å². The van der Waals surface area contributed by atoms with Gasteiger partial charge in [-0.2, -0.15) is 10.2 Å². The molecular formula is C11H16N6. The normalized spacial score (nSPS) is 12.6. The first-order valence-electron chi connectivity index (χ1n) is 5.67. The number of rotatable bonds is 5. The highest BCUT2D eigenvalue weighted by Gasteiger charge is 2.17. The average Bonchev–Trinajstić information content (AvgIpc) is 2.78. The summed E-state index contributed by atoms with van der Waals surface area (Å²) >= 11 is 0. The molecule has 0 aromatic carbocycles. The largest absolute Gasteiger partial charge is 0.305 e. The summed E-state index contributed by atoms with van der Waals surface area (Å²) in [6, 6.07) is 2.01. The lowest BCUT2D eigenvalue weighted by Crippen LogP contribution is -2.25. The van der Waals surface area contributed by atoms with Crippen molar-refractivity contribution in [3.05, 3.63) is 35.9 Å². The molecule has 6 nitrogen and oxygen atoms in total. The Morgan fingerprint density at radius 2 is 2.18 bits per heavy atom. The van der Waals surface area contributed by atoms with E-state index in [4.69, 9.17) is 0 Å². The molecular weight excluding hydrogens is 216 g/mol. The maximum absolute atomic E-state index is 3.96. The van der Waals surface area contributed by atoms with E-state index in [2.05, 4.69) is 32.7 Å². The first-order valence-corrected chi connectivity index (χ1v) is 5.67. The minimum absolute atomic E-state index is 0.0606. The van der Waals surface area contributed by atoms with Gasteiger partial charge in [0.2, 0.25) is 0 Å². The van der Waals surface area contributed by atoms with Gasteiger partial charge in [-0.15, -0.1) is 5.10 Å². The van der Waals surface area contributed by atoms with Crippen molar-refractivity contribution < 1.29 is 0 Å². The highest BCUT2D eigenvalue weighted by atomic mass is 15.4. The zero-order valence-corrected chi connectivity index (χ0v) is 10.0. The van der Waals surface area contributed by atoms with Crippen molar-refractivity contribution in [2.75, 3.05) is 6.54 Å². The Bertz CT molecular complexity index is 452. The fourth-order valence-electron chi connectivity index (χ4n) is 1.71. The molecule has 1 N–H and O–H groups in total. The lowest BCUT2D eigenvalue weighted by Gasteiger charge is -2.17. The van der Waals surface area contributed by atoms with Crippen molar-refractivity contribution in [1.29, 1.82) is 0 Å². The van der Waals surface area contributed by atoms with Crippen LogP contribution in [0.2, 0.25) is 0 Å². The van der Waals surface area contributed by atoms with Gasteiger partial charge in [-0.3, -0.25) is 4.68 Å². The summed E-state index contributed by atoms with van der Waals surface area (Å²) in [4.78, 5) is 0. The van der Waals surface area contributed by atoms with Gasteiger partial charge in [0.25, 0.3) is 0 Å². The van der Waals surface area contributed by atoms with Gasteiger partial charge in [0.1, 0.15) is 0 Å². The SMILES string of the molecule is CCCNC(c1ccnnc1)c1cnnn1C. The molecule has 2 aromatic rings. The highest BCUT2D eigenvalue weighted by Crippen LogP contribution is 2.19. The van der Waals surface area contributed by atoms with E-state index in [1.54, 1.807) is 23.3 Å². The number of nitrogens with zero attached hydrogens (tertiary/aromatic N) is 5. The molecule has 1 atom stereocenters. The standard InChI is InChI=1S/C11H16N6/c1-3-5-12-11(9-4-6-13-14-7-9)10-8-15-16-17(10)2/h4,6-8,11-12H,3,5H2,1-2H3. The average molecular weight is 232 g/mol. The second-order valence-corrected chi connectivity index (χ2v) is 3.85. The predicted molar refractivity (Wildman–Crippen MR) is 63.2 cm³/mol. The zero-order chi connectivity index (χ0) is 12.1. The minimum Gasteiger partial charge on any atom is -0.305 e. The topological polar surface area (TPSA) is 68.5 Å². The number of aryl methyl sites for hydroxylation is 1. The van der Waals surface area contributed by atoms with E-state index < -0.39 is 0 Å². The molecule has 1 unspecified atom stereocenters. The quantitative estimate of drug-likeness (QED) is 0.821. The summed E-state index contributed by atoms with van der Waals surface area (Å²) in [6.07, 6.45) is 6.30. The fraction of sp³-hybridized carbons (Fsp3) is 0.455. The molecule has 0 aliphatic heterocycles. The molecule has 17 heavy (non-hydrogen) atoms. The summed E-state index contributed by atoms with van der Waals surface area (Å²) < 4.78 is 1.77. The zero-order valence-electron chi connectivity index (χ0n) is 10.0. The van der Waals surface area contributed by atoms with Gasteiger partial charge >= 0.3 is 0 Å². The predicted octanol–water partition coefficient (Wildman–Crippen LogP) is 0.694.